The van der Waals surface area contributed by atoms with Crippen LogP contribution in [0.25, 0.3) is 33.4 Å². The summed E-state index contributed by atoms with van der Waals surface area (Å²) in [5.41, 5.74) is 1.79. The molecule has 0 aliphatic rings. The Labute approximate surface area is 135 Å². The number of H-pyrrole nitrogens is 1. The lowest BCUT2D eigenvalue weighted by molar-refractivity contribution is 0.407. The van der Waals surface area contributed by atoms with Crippen molar-refractivity contribution in [3.8, 4) is 17.1 Å². The highest BCUT2D eigenvalue weighted by Gasteiger charge is 2.14. The number of hydrogen-bond donors (Lipinski definition) is 1. The third-order valence-electron chi connectivity index (χ3n) is 3.64. The first-order valence-corrected chi connectivity index (χ1v) is 7.30. The zero-order chi connectivity index (χ0) is 16.0. The molecule has 0 aliphatic heterocycles. The van der Waals surface area contributed by atoms with Crippen LogP contribution in [0.4, 0.5) is 0 Å². The fraction of sp³-hybridized carbons (Fsp3) is 0.0588. The van der Waals surface area contributed by atoms with E-state index in [0.29, 0.717) is 33.3 Å². The second kappa shape index (κ2) is 5.14. The Morgan fingerprint density at radius 2 is 2.09 bits per heavy atom. The van der Waals surface area contributed by atoms with Gasteiger partial charge in [-0.15, -0.1) is 0 Å². The number of imidazole rings is 1. The molecule has 0 saturated carbocycles. The molecule has 0 fully saturated rings. The second-order valence-corrected chi connectivity index (χ2v) is 5.51. The van der Waals surface area contributed by atoms with E-state index in [1.54, 1.807) is 24.3 Å². The average molecular weight is 327 g/mol. The number of fused-ring (bicyclic) bond motifs is 2. The van der Waals surface area contributed by atoms with Crippen molar-refractivity contribution < 1.29 is 9.15 Å². The van der Waals surface area contributed by atoms with E-state index < -0.39 is 5.63 Å². The van der Waals surface area contributed by atoms with E-state index in [-0.39, 0.29) is 0 Å². The van der Waals surface area contributed by atoms with Crippen LogP contribution in [0.2, 0.25) is 5.02 Å². The molecule has 1 N–H and O–H groups in total. The van der Waals surface area contributed by atoms with Crippen LogP contribution >= 0.6 is 11.6 Å². The summed E-state index contributed by atoms with van der Waals surface area (Å²) in [4.78, 5) is 19.9. The summed E-state index contributed by atoms with van der Waals surface area (Å²) < 4.78 is 10.6. The Balaban J connectivity index is 1.96. The van der Waals surface area contributed by atoms with Crippen molar-refractivity contribution in [1.82, 2.24) is 9.97 Å². The Kier molecular flexibility index (Phi) is 3.09. The standard InChI is InChI=1S/C17H11ClN2O3/c1-22-14-4-2-3-9-7-11(17(21)23-15(9)14)16-19-12-6-5-10(18)8-13(12)20-16/h2-8H,1H3,(H,19,20). The summed E-state index contributed by atoms with van der Waals surface area (Å²) in [6.07, 6.45) is 0. The van der Waals surface area contributed by atoms with Crippen molar-refractivity contribution in [1.29, 1.82) is 0 Å². The summed E-state index contributed by atoms with van der Waals surface area (Å²) in [7, 11) is 1.53. The van der Waals surface area contributed by atoms with Crippen LogP contribution < -0.4 is 10.4 Å². The van der Waals surface area contributed by atoms with Gasteiger partial charge in [0.05, 0.1) is 18.1 Å². The third-order valence-corrected chi connectivity index (χ3v) is 3.88. The van der Waals surface area contributed by atoms with Gasteiger partial charge in [0.1, 0.15) is 11.4 Å². The number of methoxy groups -OCH3 is 1. The number of rotatable bonds is 2. The van der Waals surface area contributed by atoms with Gasteiger partial charge in [0.25, 0.3) is 0 Å². The van der Waals surface area contributed by atoms with Gasteiger partial charge in [-0.1, -0.05) is 23.7 Å². The average Bonchev–Trinajstić information content (AvgIpc) is 2.96. The topological polar surface area (TPSA) is 68.1 Å². The SMILES string of the molecule is COc1cccc2cc(-c3nc4cc(Cl)ccc4[nH]3)c(=O)oc12. The van der Waals surface area contributed by atoms with Gasteiger partial charge < -0.3 is 14.1 Å². The van der Waals surface area contributed by atoms with Crippen LogP contribution in [0, 0.1) is 0 Å². The number of nitrogens with one attached hydrogen (secondary N) is 1. The molecule has 0 saturated heterocycles. The van der Waals surface area contributed by atoms with E-state index in [0.717, 1.165) is 10.9 Å². The van der Waals surface area contributed by atoms with Crippen molar-refractivity contribution >= 4 is 33.6 Å². The molecular formula is C17H11ClN2O3. The van der Waals surface area contributed by atoms with Crippen molar-refractivity contribution in [2.75, 3.05) is 7.11 Å². The molecule has 2 heterocycles. The first-order valence-electron chi connectivity index (χ1n) is 6.92. The van der Waals surface area contributed by atoms with E-state index in [9.17, 15) is 4.79 Å². The van der Waals surface area contributed by atoms with Gasteiger partial charge in [-0.05, 0) is 30.3 Å². The minimum absolute atomic E-state index is 0.359. The Morgan fingerprint density at radius 3 is 2.91 bits per heavy atom. The van der Waals surface area contributed by atoms with Gasteiger partial charge >= 0.3 is 5.63 Å². The lowest BCUT2D eigenvalue weighted by atomic mass is 10.1. The Morgan fingerprint density at radius 1 is 1.22 bits per heavy atom. The van der Waals surface area contributed by atoms with Crippen LogP contribution in [0.15, 0.2) is 51.7 Å². The molecule has 5 nitrogen and oxygen atoms in total. The van der Waals surface area contributed by atoms with E-state index in [2.05, 4.69) is 9.97 Å². The van der Waals surface area contributed by atoms with Gasteiger partial charge in [-0.25, -0.2) is 9.78 Å². The molecule has 114 valence electrons. The first kappa shape index (κ1) is 13.8. The minimum Gasteiger partial charge on any atom is -0.493 e. The molecule has 2 aromatic heterocycles. The summed E-state index contributed by atoms with van der Waals surface area (Å²) >= 11 is 5.97. The Bertz CT molecular complexity index is 1100. The van der Waals surface area contributed by atoms with E-state index in [4.69, 9.17) is 20.8 Å². The molecule has 0 bridgehead atoms. The van der Waals surface area contributed by atoms with Crippen LogP contribution in [-0.2, 0) is 0 Å². The maximum Gasteiger partial charge on any atom is 0.347 e. The van der Waals surface area contributed by atoms with E-state index in [1.807, 2.05) is 18.2 Å². The van der Waals surface area contributed by atoms with E-state index >= 15 is 0 Å². The molecule has 0 unspecified atom stereocenters. The molecule has 2 aromatic carbocycles. The molecule has 0 atom stereocenters. The largest absolute Gasteiger partial charge is 0.493 e. The molecule has 6 heteroatoms. The minimum atomic E-state index is -0.479. The lowest BCUT2D eigenvalue weighted by Crippen LogP contribution is -2.04. The quantitative estimate of drug-likeness (QED) is 0.565. The van der Waals surface area contributed by atoms with Gasteiger partial charge in [-0.3, -0.25) is 0 Å². The monoisotopic (exact) mass is 326 g/mol. The highest BCUT2D eigenvalue weighted by Crippen LogP contribution is 2.27. The molecule has 4 rings (SSSR count). The molecule has 0 spiro atoms. The van der Waals surface area contributed by atoms with Crippen molar-refractivity contribution in [2.24, 2.45) is 0 Å². The van der Waals surface area contributed by atoms with Crippen LogP contribution in [0.1, 0.15) is 0 Å². The Hall–Kier alpha value is -2.79. The number of aromatic amines is 1. The molecule has 0 amide bonds. The number of hydrogen-bond acceptors (Lipinski definition) is 4. The second-order valence-electron chi connectivity index (χ2n) is 5.07. The van der Waals surface area contributed by atoms with Gasteiger partial charge in [0.2, 0.25) is 0 Å². The third kappa shape index (κ3) is 2.26. The molecular weight excluding hydrogens is 316 g/mol. The van der Waals surface area contributed by atoms with Crippen molar-refractivity contribution in [3.63, 3.8) is 0 Å². The van der Waals surface area contributed by atoms with Gasteiger partial charge in [0, 0.05) is 10.4 Å². The summed E-state index contributed by atoms with van der Waals surface area (Å²) in [5, 5.41) is 1.35. The number of nitrogens with zero attached hydrogens (tertiary/aromatic N) is 1. The van der Waals surface area contributed by atoms with Gasteiger partial charge in [-0.2, -0.15) is 0 Å². The number of ether oxygens (including phenoxy) is 1. The fourth-order valence-corrected chi connectivity index (χ4v) is 2.72. The summed E-state index contributed by atoms with van der Waals surface area (Å²) in [6.45, 7) is 0. The molecule has 0 radical (unpaired) electrons. The highest BCUT2D eigenvalue weighted by molar-refractivity contribution is 6.31. The smallest absolute Gasteiger partial charge is 0.347 e. The van der Waals surface area contributed by atoms with Gasteiger partial charge in [0.15, 0.2) is 11.3 Å². The fourth-order valence-electron chi connectivity index (χ4n) is 2.55. The predicted octanol–water partition coefficient (Wildman–Crippen LogP) is 4.00. The number of aromatic nitrogens is 2. The maximum absolute atomic E-state index is 12.3. The predicted molar refractivity (Wildman–Crippen MR) is 89.1 cm³/mol. The van der Waals surface area contributed by atoms with E-state index in [1.165, 1.54) is 7.11 Å². The van der Waals surface area contributed by atoms with Crippen LogP contribution in [0.3, 0.4) is 0 Å². The number of benzene rings is 2. The van der Waals surface area contributed by atoms with Crippen molar-refractivity contribution in [3.05, 3.63) is 57.9 Å². The normalized spacial score (nSPS) is 11.2. The lowest BCUT2D eigenvalue weighted by Gasteiger charge is -2.04. The highest BCUT2D eigenvalue weighted by atomic mass is 35.5. The zero-order valence-electron chi connectivity index (χ0n) is 12.1. The molecule has 23 heavy (non-hydrogen) atoms. The van der Waals surface area contributed by atoms with Crippen LogP contribution in [-0.4, -0.2) is 17.1 Å². The molecule has 0 aliphatic carbocycles. The number of halogens is 1. The van der Waals surface area contributed by atoms with Crippen molar-refractivity contribution in [2.45, 2.75) is 0 Å². The summed E-state index contributed by atoms with van der Waals surface area (Å²) in [5.74, 6) is 0.961. The van der Waals surface area contributed by atoms with Crippen LogP contribution in [0.5, 0.6) is 5.75 Å². The maximum atomic E-state index is 12.3. The molecule has 4 aromatic rings. The number of para-hydroxylation sites is 1. The first-order chi connectivity index (χ1) is 11.2. The summed E-state index contributed by atoms with van der Waals surface area (Å²) in [6, 6.07) is 12.5. The zero-order valence-corrected chi connectivity index (χ0v) is 12.8.